The number of aliphatic hydroxyl groups excluding tert-OH is 1. The van der Waals surface area contributed by atoms with Gasteiger partial charge in [0, 0.05) is 18.6 Å². The van der Waals surface area contributed by atoms with Crippen molar-refractivity contribution in [3.05, 3.63) is 0 Å². The molecule has 0 aromatic heterocycles. The first kappa shape index (κ1) is 14.3. The van der Waals surface area contributed by atoms with Crippen molar-refractivity contribution in [3.8, 4) is 0 Å². The Labute approximate surface area is 112 Å². The third-order valence-electron chi connectivity index (χ3n) is 4.73. The van der Waals surface area contributed by atoms with Gasteiger partial charge in [-0.25, -0.2) is 0 Å². The third kappa shape index (κ3) is 3.69. The number of ether oxygens (including phenoxy) is 1. The molecule has 0 amide bonds. The molecule has 2 aliphatic rings. The average Bonchev–Trinajstić information content (AvgIpc) is 2.52. The first-order valence-electron chi connectivity index (χ1n) is 7.46. The lowest BCUT2D eigenvalue weighted by Gasteiger charge is -2.39. The Morgan fingerprint density at radius 1 is 1.11 bits per heavy atom. The highest BCUT2D eigenvalue weighted by molar-refractivity contribution is 4.86. The number of aliphatic hydroxyl groups is 1. The average molecular weight is 255 g/mol. The summed E-state index contributed by atoms with van der Waals surface area (Å²) in [6.07, 6.45) is 6.10. The molecule has 0 aliphatic carbocycles. The second-order valence-corrected chi connectivity index (χ2v) is 7.11. The summed E-state index contributed by atoms with van der Waals surface area (Å²) >= 11 is 0. The fourth-order valence-corrected chi connectivity index (χ4v) is 3.32. The van der Waals surface area contributed by atoms with E-state index in [1.54, 1.807) is 0 Å². The van der Waals surface area contributed by atoms with Gasteiger partial charge in [-0.1, -0.05) is 13.8 Å². The van der Waals surface area contributed by atoms with E-state index in [4.69, 9.17) is 4.74 Å². The second kappa shape index (κ2) is 5.89. The van der Waals surface area contributed by atoms with Crippen molar-refractivity contribution in [1.82, 2.24) is 4.90 Å². The zero-order chi connectivity index (χ0) is 13.1. The van der Waals surface area contributed by atoms with Gasteiger partial charge in [-0.05, 0) is 50.6 Å². The maximum absolute atomic E-state index is 9.74. The molecule has 106 valence electrons. The van der Waals surface area contributed by atoms with Crippen LogP contribution in [0.15, 0.2) is 0 Å². The van der Waals surface area contributed by atoms with Crippen LogP contribution in [-0.2, 0) is 4.74 Å². The summed E-state index contributed by atoms with van der Waals surface area (Å²) in [5, 5.41) is 9.74. The van der Waals surface area contributed by atoms with E-state index in [1.165, 1.54) is 32.4 Å². The van der Waals surface area contributed by atoms with Gasteiger partial charge in [0.15, 0.2) is 0 Å². The van der Waals surface area contributed by atoms with Crippen LogP contribution in [0, 0.1) is 10.8 Å². The van der Waals surface area contributed by atoms with E-state index < -0.39 is 0 Å². The van der Waals surface area contributed by atoms with Crippen LogP contribution in [0.4, 0.5) is 0 Å². The van der Waals surface area contributed by atoms with Crippen LogP contribution >= 0.6 is 0 Å². The minimum atomic E-state index is 0.00668. The molecular weight excluding hydrogens is 226 g/mol. The van der Waals surface area contributed by atoms with E-state index in [-0.39, 0.29) is 12.0 Å². The highest BCUT2D eigenvalue weighted by Crippen LogP contribution is 2.33. The summed E-state index contributed by atoms with van der Waals surface area (Å²) < 4.78 is 5.60. The van der Waals surface area contributed by atoms with Crippen LogP contribution in [0.3, 0.4) is 0 Å². The topological polar surface area (TPSA) is 32.7 Å². The zero-order valence-corrected chi connectivity index (χ0v) is 12.1. The lowest BCUT2D eigenvalue weighted by atomic mass is 9.82. The lowest BCUT2D eigenvalue weighted by Crippen LogP contribution is -2.46. The predicted octanol–water partition coefficient (Wildman–Crippen LogP) is 2.29. The van der Waals surface area contributed by atoms with Gasteiger partial charge in [0.25, 0.3) is 0 Å². The minimum absolute atomic E-state index is 0.00668. The Bertz CT molecular complexity index is 259. The molecule has 0 radical (unpaired) electrons. The molecule has 2 aliphatic heterocycles. The molecule has 3 nitrogen and oxygen atoms in total. The summed E-state index contributed by atoms with van der Waals surface area (Å²) in [5.41, 5.74) is 0.497. The van der Waals surface area contributed by atoms with E-state index in [1.807, 2.05) is 0 Å². The molecular formula is C15H29NO2. The van der Waals surface area contributed by atoms with Crippen molar-refractivity contribution >= 4 is 0 Å². The van der Waals surface area contributed by atoms with Gasteiger partial charge in [-0.15, -0.1) is 0 Å². The maximum atomic E-state index is 9.74. The van der Waals surface area contributed by atoms with E-state index in [2.05, 4.69) is 18.7 Å². The third-order valence-corrected chi connectivity index (χ3v) is 4.73. The van der Waals surface area contributed by atoms with Gasteiger partial charge >= 0.3 is 0 Å². The second-order valence-electron chi connectivity index (χ2n) is 7.11. The molecule has 0 bridgehead atoms. The van der Waals surface area contributed by atoms with E-state index in [0.717, 1.165) is 32.6 Å². The Kier molecular flexibility index (Phi) is 4.68. The fourth-order valence-electron chi connectivity index (χ4n) is 3.32. The SMILES string of the molecule is CC1(C)CCCN(CC2(CO)CCCOC2)CC1. The van der Waals surface area contributed by atoms with Gasteiger partial charge in [0.2, 0.25) is 0 Å². The minimum Gasteiger partial charge on any atom is -0.396 e. The van der Waals surface area contributed by atoms with E-state index in [0.29, 0.717) is 5.41 Å². The van der Waals surface area contributed by atoms with Crippen LogP contribution in [0.5, 0.6) is 0 Å². The molecule has 2 heterocycles. The summed E-state index contributed by atoms with van der Waals surface area (Å²) in [4.78, 5) is 2.56. The van der Waals surface area contributed by atoms with E-state index in [9.17, 15) is 5.11 Å². The van der Waals surface area contributed by atoms with Crippen LogP contribution in [0.1, 0.15) is 46.0 Å². The Hall–Kier alpha value is -0.120. The monoisotopic (exact) mass is 255 g/mol. The summed E-state index contributed by atoms with van der Waals surface area (Å²) in [5.74, 6) is 0. The van der Waals surface area contributed by atoms with Crippen molar-refractivity contribution in [3.63, 3.8) is 0 Å². The van der Waals surface area contributed by atoms with Crippen molar-refractivity contribution in [2.75, 3.05) is 39.5 Å². The molecule has 0 saturated carbocycles. The standard InChI is InChI=1S/C15H29NO2/c1-14(2)5-3-8-16(9-7-14)11-15(12-17)6-4-10-18-13-15/h17H,3-13H2,1-2H3. The highest BCUT2D eigenvalue weighted by atomic mass is 16.5. The molecule has 2 saturated heterocycles. The Balaban J connectivity index is 1.91. The van der Waals surface area contributed by atoms with Crippen LogP contribution in [0.25, 0.3) is 0 Å². The first-order chi connectivity index (χ1) is 8.55. The van der Waals surface area contributed by atoms with Crippen LogP contribution in [0.2, 0.25) is 0 Å². The van der Waals surface area contributed by atoms with Gasteiger partial charge in [-0.3, -0.25) is 0 Å². The Morgan fingerprint density at radius 3 is 2.61 bits per heavy atom. The fraction of sp³-hybridized carbons (Fsp3) is 1.00. The van der Waals surface area contributed by atoms with E-state index >= 15 is 0 Å². The van der Waals surface area contributed by atoms with Crippen LogP contribution in [-0.4, -0.2) is 49.5 Å². The van der Waals surface area contributed by atoms with Crippen molar-refractivity contribution in [2.24, 2.45) is 10.8 Å². The molecule has 0 aromatic rings. The lowest BCUT2D eigenvalue weighted by molar-refractivity contribution is -0.0551. The molecule has 18 heavy (non-hydrogen) atoms. The number of hydrogen-bond acceptors (Lipinski definition) is 3. The van der Waals surface area contributed by atoms with Crippen molar-refractivity contribution in [2.45, 2.75) is 46.0 Å². The van der Waals surface area contributed by atoms with Crippen LogP contribution < -0.4 is 0 Å². The van der Waals surface area contributed by atoms with Gasteiger partial charge in [0.1, 0.15) is 0 Å². The molecule has 1 atom stereocenters. The summed E-state index contributed by atoms with van der Waals surface area (Å²) in [6.45, 7) is 10.0. The molecule has 1 N–H and O–H groups in total. The van der Waals surface area contributed by atoms with Gasteiger partial charge in [0.05, 0.1) is 13.2 Å². The number of rotatable bonds is 3. The molecule has 0 aromatic carbocycles. The number of nitrogens with zero attached hydrogens (tertiary/aromatic N) is 1. The quantitative estimate of drug-likeness (QED) is 0.840. The number of likely N-dealkylation sites (tertiary alicyclic amines) is 1. The molecule has 3 heteroatoms. The van der Waals surface area contributed by atoms with Crippen molar-refractivity contribution < 1.29 is 9.84 Å². The van der Waals surface area contributed by atoms with Crippen molar-refractivity contribution in [1.29, 1.82) is 0 Å². The van der Waals surface area contributed by atoms with Gasteiger partial charge < -0.3 is 14.7 Å². The summed E-state index contributed by atoms with van der Waals surface area (Å²) in [6, 6.07) is 0. The zero-order valence-electron chi connectivity index (χ0n) is 12.1. The molecule has 2 fully saturated rings. The molecule has 1 unspecified atom stereocenters. The largest absolute Gasteiger partial charge is 0.396 e. The highest BCUT2D eigenvalue weighted by Gasteiger charge is 2.35. The predicted molar refractivity (Wildman–Crippen MR) is 73.6 cm³/mol. The number of hydrogen-bond donors (Lipinski definition) is 1. The molecule has 2 rings (SSSR count). The Morgan fingerprint density at radius 2 is 1.94 bits per heavy atom. The normalized spacial score (nSPS) is 34.2. The smallest absolute Gasteiger partial charge is 0.0556 e. The van der Waals surface area contributed by atoms with Gasteiger partial charge in [-0.2, -0.15) is 0 Å². The first-order valence-corrected chi connectivity index (χ1v) is 7.46. The summed E-state index contributed by atoms with van der Waals surface area (Å²) in [7, 11) is 0. The maximum Gasteiger partial charge on any atom is 0.0556 e. The molecule has 0 spiro atoms.